The fraction of sp³-hybridized carbons (Fsp3) is 0.500. The summed E-state index contributed by atoms with van der Waals surface area (Å²) in [4.78, 5) is 4.26. The molecule has 0 aliphatic rings. The highest BCUT2D eigenvalue weighted by Gasteiger charge is 2.17. The maximum atomic E-state index is 10.5. The molecule has 20 heavy (non-hydrogen) atoms. The first-order valence-electron chi connectivity index (χ1n) is 7.04. The number of nitrogens with zero attached hydrogens (tertiary/aromatic N) is 3. The molecule has 4 nitrogen and oxygen atoms in total. The number of aliphatic hydroxyl groups excluding tert-OH is 1. The molecular weight excluding hydrogens is 250 g/mol. The topological polar surface area (TPSA) is 50.9 Å². The number of aromatic nitrogens is 3. The van der Waals surface area contributed by atoms with Gasteiger partial charge in [-0.3, -0.25) is 0 Å². The van der Waals surface area contributed by atoms with E-state index in [1.165, 1.54) is 11.1 Å². The van der Waals surface area contributed by atoms with E-state index in [0.29, 0.717) is 6.42 Å². The molecule has 1 atom stereocenters. The predicted octanol–water partition coefficient (Wildman–Crippen LogP) is 3.06. The quantitative estimate of drug-likeness (QED) is 0.931. The average molecular weight is 273 g/mol. The zero-order chi connectivity index (χ0) is 14.9. The Morgan fingerprint density at radius 3 is 2.40 bits per heavy atom. The van der Waals surface area contributed by atoms with Gasteiger partial charge in [-0.15, -0.1) is 0 Å². The SMILES string of the molecule is Cc1cc(C)c(C(O)Cc2ncnn2C(C)C)cc1C. The first-order chi connectivity index (χ1) is 9.40. The van der Waals surface area contributed by atoms with Crippen LogP contribution in [-0.2, 0) is 6.42 Å². The smallest absolute Gasteiger partial charge is 0.138 e. The van der Waals surface area contributed by atoms with Crippen LogP contribution >= 0.6 is 0 Å². The third-order valence-electron chi connectivity index (χ3n) is 3.75. The van der Waals surface area contributed by atoms with Crippen LogP contribution in [0.4, 0.5) is 0 Å². The van der Waals surface area contributed by atoms with Crippen LogP contribution in [0.2, 0.25) is 0 Å². The van der Waals surface area contributed by atoms with Crippen LogP contribution in [0.1, 0.15) is 54.1 Å². The molecule has 2 aromatic rings. The van der Waals surface area contributed by atoms with Crippen LogP contribution in [-0.4, -0.2) is 19.9 Å². The Morgan fingerprint density at radius 2 is 1.75 bits per heavy atom. The number of hydrogen-bond acceptors (Lipinski definition) is 3. The van der Waals surface area contributed by atoms with E-state index >= 15 is 0 Å². The second-order valence-electron chi connectivity index (χ2n) is 5.73. The molecule has 108 valence electrons. The van der Waals surface area contributed by atoms with Gasteiger partial charge in [-0.05, 0) is 56.9 Å². The highest BCUT2D eigenvalue weighted by molar-refractivity contribution is 5.37. The second kappa shape index (κ2) is 5.75. The second-order valence-corrected chi connectivity index (χ2v) is 5.73. The fourth-order valence-electron chi connectivity index (χ4n) is 2.48. The molecule has 1 heterocycles. The van der Waals surface area contributed by atoms with Crippen molar-refractivity contribution in [1.29, 1.82) is 0 Å². The van der Waals surface area contributed by atoms with Crippen LogP contribution in [0.15, 0.2) is 18.5 Å². The molecule has 4 heteroatoms. The number of benzene rings is 1. The molecule has 1 N–H and O–H groups in total. The summed E-state index contributed by atoms with van der Waals surface area (Å²) in [7, 11) is 0. The first kappa shape index (κ1) is 14.7. The minimum atomic E-state index is -0.545. The summed E-state index contributed by atoms with van der Waals surface area (Å²) in [5, 5.41) is 14.7. The molecule has 0 saturated carbocycles. The van der Waals surface area contributed by atoms with Crippen LogP contribution in [0.5, 0.6) is 0 Å². The number of aliphatic hydroxyl groups is 1. The van der Waals surface area contributed by atoms with Gasteiger partial charge in [0.25, 0.3) is 0 Å². The summed E-state index contributed by atoms with van der Waals surface area (Å²) in [6.45, 7) is 10.3. The van der Waals surface area contributed by atoms with Gasteiger partial charge >= 0.3 is 0 Å². The van der Waals surface area contributed by atoms with Crippen molar-refractivity contribution in [2.24, 2.45) is 0 Å². The van der Waals surface area contributed by atoms with E-state index in [4.69, 9.17) is 0 Å². The van der Waals surface area contributed by atoms with Crippen molar-refractivity contribution in [3.63, 3.8) is 0 Å². The zero-order valence-corrected chi connectivity index (χ0v) is 12.9. The molecule has 0 aliphatic carbocycles. The Bertz CT molecular complexity index is 602. The number of hydrogen-bond donors (Lipinski definition) is 1. The summed E-state index contributed by atoms with van der Waals surface area (Å²) in [6.07, 6.45) is 1.49. The van der Waals surface area contributed by atoms with Gasteiger partial charge in [-0.1, -0.05) is 12.1 Å². The predicted molar refractivity (Wildman–Crippen MR) is 79.7 cm³/mol. The molecule has 2 rings (SSSR count). The van der Waals surface area contributed by atoms with E-state index in [9.17, 15) is 5.11 Å². The fourth-order valence-corrected chi connectivity index (χ4v) is 2.48. The average Bonchev–Trinajstić information content (AvgIpc) is 2.81. The van der Waals surface area contributed by atoms with Crippen molar-refractivity contribution in [2.45, 2.75) is 53.2 Å². The Kier molecular flexibility index (Phi) is 4.23. The lowest BCUT2D eigenvalue weighted by Gasteiger charge is -2.17. The maximum absolute atomic E-state index is 10.5. The molecule has 0 spiro atoms. The van der Waals surface area contributed by atoms with Gasteiger partial charge in [0, 0.05) is 12.5 Å². The number of aryl methyl sites for hydroxylation is 3. The van der Waals surface area contributed by atoms with Crippen molar-refractivity contribution < 1.29 is 5.11 Å². The lowest BCUT2D eigenvalue weighted by molar-refractivity contribution is 0.172. The van der Waals surface area contributed by atoms with Crippen molar-refractivity contribution in [2.75, 3.05) is 0 Å². The van der Waals surface area contributed by atoms with Crippen molar-refractivity contribution >= 4 is 0 Å². The molecule has 1 unspecified atom stereocenters. The lowest BCUT2D eigenvalue weighted by atomic mass is 9.95. The number of rotatable bonds is 4. The van der Waals surface area contributed by atoms with Gasteiger partial charge in [0.1, 0.15) is 12.2 Å². The third-order valence-corrected chi connectivity index (χ3v) is 3.75. The Morgan fingerprint density at radius 1 is 1.10 bits per heavy atom. The minimum Gasteiger partial charge on any atom is -0.388 e. The summed E-state index contributed by atoms with van der Waals surface area (Å²) in [5.74, 6) is 0.824. The van der Waals surface area contributed by atoms with Crippen LogP contribution < -0.4 is 0 Å². The van der Waals surface area contributed by atoms with E-state index < -0.39 is 6.10 Å². The van der Waals surface area contributed by atoms with Crippen molar-refractivity contribution in [1.82, 2.24) is 14.8 Å². The molecule has 0 amide bonds. The van der Waals surface area contributed by atoms with E-state index in [2.05, 4.69) is 49.9 Å². The highest BCUT2D eigenvalue weighted by Crippen LogP contribution is 2.24. The van der Waals surface area contributed by atoms with Crippen LogP contribution in [0, 0.1) is 20.8 Å². The largest absolute Gasteiger partial charge is 0.388 e. The highest BCUT2D eigenvalue weighted by atomic mass is 16.3. The Hall–Kier alpha value is -1.68. The van der Waals surface area contributed by atoms with E-state index in [-0.39, 0.29) is 6.04 Å². The van der Waals surface area contributed by atoms with Crippen LogP contribution in [0.25, 0.3) is 0 Å². The maximum Gasteiger partial charge on any atom is 0.138 e. The normalized spacial score (nSPS) is 12.9. The Labute approximate surface area is 120 Å². The van der Waals surface area contributed by atoms with Crippen molar-refractivity contribution in [3.05, 3.63) is 46.5 Å². The molecular formula is C16H23N3O. The van der Waals surface area contributed by atoms with Gasteiger partial charge in [0.15, 0.2) is 0 Å². The van der Waals surface area contributed by atoms with Gasteiger partial charge in [0.05, 0.1) is 6.10 Å². The lowest BCUT2D eigenvalue weighted by Crippen LogP contribution is -2.13. The first-order valence-corrected chi connectivity index (χ1v) is 7.04. The molecule has 1 aromatic carbocycles. The van der Waals surface area contributed by atoms with Gasteiger partial charge in [0.2, 0.25) is 0 Å². The standard InChI is InChI=1S/C16H23N3O/c1-10(2)19-16(17-9-18-19)8-15(20)14-7-12(4)11(3)6-13(14)5/h6-7,9-10,15,20H,8H2,1-5H3. The van der Waals surface area contributed by atoms with Crippen molar-refractivity contribution in [3.8, 4) is 0 Å². The van der Waals surface area contributed by atoms with Gasteiger partial charge < -0.3 is 5.11 Å². The third kappa shape index (κ3) is 2.90. The Balaban J connectivity index is 2.26. The molecule has 0 radical (unpaired) electrons. The van der Waals surface area contributed by atoms with Gasteiger partial charge in [-0.25, -0.2) is 9.67 Å². The van der Waals surface area contributed by atoms with Crippen LogP contribution in [0.3, 0.4) is 0 Å². The zero-order valence-electron chi connectivity index (χ0n) is 12.9. The monoisotopic (exact) mass is 273 g/mol. The summed E-state index contributed by atoms with van der Waals surface area (Å²) < 4.78 is 1.86. The summed E-state index contributed by atoms with van der Waals surface area (Å²) >= 11 is 0. The van der Waals surface area contributed by atoms with E-state index in [1.807, 2.05) is 11.6 Å². The van der Waals surface area contributed by atoms with Gasteiger partial charge in [-0.2, -0.15) is 5.10 Å². The molecule has 0 saturated heterocycles. The summed E-state index contributed by atoms with van der Waals surface area (Å²) in [6, 6.07) is 4.45. The van der Waals surface area contributed by atoms with E-state index in [0.717, 1.165) is 17.0 Å². The van der Waals surface area contributed by atoms with E-state index in [1.54, 1.807) is 6.33 Å². The summed E-state index contributed by atoms with van der Waals surface area (Å²) in [5.41, 5.74) is 4.56. The molecule has 1 aromatic heterocycles. The minimum absolute atomic E-state index is 0.251. The molecule has 0 aliphatic heterocycles. The molecule has 0 bridgehead atoms. The molecule has 0 fully saturated rings.